The van der Waals surface area contributed by atoms with Crippen LogP contribution in [0.2, 0.25) is 0 Å². The summed E-state index contributed by atoms with van der Waals surface area (Å²) in [5, 5.41) is 27.4. The van der Waals surface area contributed by atoms with Crippen LogP contribution in [0.25, 0.3) is 0 Å². The fraction of sp³-hybridized carbons (Fsp3) is 0.300. The largest absolute Gasteiger partial charge is 0.507 e. The maximum absolute atomic E-state index is 10.5. The molecule has 14 heavy (non-hydrogen) atoms. The van der Waals surface area contributed by atoms with E-state index < -0.39 is 12.1 Å². The number of aliphatic hydroxyl groups excluding tert-OH is 1. The Balaban J connectivity index is 3.06. The second-order valence-electron chi connectivity index (χ2n) is 3.01. The average molecular weight is 196 g/mol. The van der Waals surface area contributed by atoms with E-state index >= 15 is 0 Å². The minimum Gasteiger partial charge on any atom is -0.507 e. The van der Waals surface area contributed by atoms with Gasteiger partial charge < -0.3 is 15.3 Å². The zero-order valence-electron chi connectivity index (χ0n) is 7.77. The average Bonchev–Trinajstić information content (AvgIpc) is 2.15. The molecule has 0 saturated carbocycles. The van der Waals surface area contributed by atoms with Gasteiger partial charge in [0.2, 0.25) is 0 Å². The van der Waals surface area contributed by atoms with Gasteiger partial charge in [0, 0.05) is 0 Å². The van der Waals surface area contributed by atoms with Gasteiger partial charge in [-0.3, -0.25) is 0 Å². The van der Waals surface area contributed by atoms with Gasteiger partial charge >= 0.3 is 5.97 Å². The Bertz CT molecular complexity index is 346. The Morgan fingerprint density at radius 1 is 1.50 bits per heavy atom. The van der Waals surface area contributed by atoms with Crippen LogP contribution in [0.4, 0.5) is 0 Å². The van der Waals surface area contributed by atoms with Crippen molar-refractivity contribution < 1.29 is 20.1 Å². The van der Waals surface area contributed by atoms with E-state index in [4.69, 9.17) is 5.11 Å². The van der Waals surface area contributed by atoms with E-state index in [0.29, 0.717) is 12.0 Å². The zero-order valence-corrected chi connectivity index (χ0v) is 7.77. The smallest absolute Gasteiger partial charge is 0.339 e. The molecule has 0 aliphatic rings. The van der Waals surface area contributed by atoms with E-state index in [9.17, 15) is 15.0 Å². The van der Waals surface area contributed by atoms with Gasteiger partial charge in [-0.2, -0.15) is 0 Å². The van der Waals surface area contributed by atoms with Crippen molar-refractivity contribution in [3.05, 3.63) is 29.3 Å². The summed E-state index contributed by atoms with van der Waals surface area (Å²) in [6.45, 7) is 1.80. The first-order valence-electron chi connectivity index (χ1n) is 4.30. The lowest BCUT2D eigenvalue weighted by Crippen LogP contribution is -2.00. The van der Waals surface area contributed by atoms with Crippen molar-refractivity contribution in [1.29, 1.82) is 0 Å². The molecule has 1 aromatic rings. The third kappa shape index (κ3) is 2.03. The lowest BCUT2D eigenvalue weighted by atomic mass is 10.0. The molecule has 1 aromatic carbocycles. The van der Waals surface area contributed by atoms with Crippen molar-refractivity contribution in [1.82, 2.24) is 0 Å². The highest BCUT2D eigenvalue weighted by molar-refractivity contribution is 5.90. The molecular formula is C10H12O4. The van der Waals surface area contributed by atoms with Crippen LogP contribution >= 0.6 is 0 Å². The molecule has 1 atom stereocenters. The van der Waals surface area contributed by atoms with Gasteiger partial charge in [-0.15, -0.1) is 0 Å². The van der Waals surface area contributed by atoms with Gasteiger partial charge in [-0.1, -0.05) is 13.0 Å². The summed E-state index contributed by atoms with van der Waals surface area (Å²) in [7, 11) is 0. The van der Waals surface area contributed by atoms with Crippen LogP contribution in [0.1, 0.15) is 35.4 Å². The van der Waals surface area contributed by atoms with E-state index in [1.54, 1.807) is 6.92 Å². The van der Waals surface area contributed by atoms with Crippen molar-refractivity contribution in [2.24, 2.45) is 0 Å². The monoisotopic (exact) mass is 196 g/mol. The first-order valence-corrected chi connectivity index (χ1v) is 4.30. The number of carboxylic acids is 1. The summed E-state index contributed by atoms with van der Waals surface area (Å²) in [5.41, 5.74) is 0.368. The van der Waals surface area contributed by atoms with Crippen LogP contribution in [0.15, 0.2) is 18.2 Å². The molecule has 0 radical (unpaired) electrons. The predicted molar refractivity (Wildman–Crippen MR) is 50.3 cm³/mol. The van der Waals surface area contributed by atoms with Crippen molar-refractivity contribution in [2.75, 3.05) is 0 Å². The first-order chi connectivity index (χ1) is 6.56. The number of phenols is 1. The Hall–Kier alpha value is -1.55. The molecule has 1 rings (SSSR count). The molecular weight excluding hydrogens is 184 g/mol. The Kier molecular flexibility index (Phi) is 3.09. The summed E-state index contributed by atoms with van der Waals surface area (Å²) in [5.74, 6) is -1.50. The summed E-state index contributed by atoms with van der Waals surface area (Å²) in [6, 6.07) is 4.06. The Morgan fingerprint density at radius 3 is 2.57 bits per heavy atom. The minimum absolute atomic E-state index is 0.156. The Labute approximate surface area is 81.4 Å². The number of hydrogen-bond donors (Lipinski definition) is 3. The van der Waals surface area contributed by atoms with Gasteiger partial charge in [0.25, 0.3) is 0 Å². The number of aromatic hydroxyl groups is 1. The molecule has 0 aliphatic heterocycles. The summed E-state index contributed by atoms with van der Waals surface area (Å²) in [4.78, 5) is 10.5. The molecule has 0 heterocycles. The lowest BCUT2D eigenvalue weighted by Gasteiger charge is -2.09. The highest BCUT2D eigenvalue weighted by atomic mass is 16.4. The van der Waals surface area contributed by atoms with E-state index in [-0.39, 0.29) is 11.3 Å². The standard InChI is InChI=1S/C10H12O4/c1-2-8(11)6-3-4-7(10(13)14)9(12)5-6/h3-5,8,11-12H,2H2,1H3,(H,13,14)/t8-/m1/s1. The molecule has 0 saturated heterocycles. The van der Waals surface area contributed by atoms with Gasteiger partial charge in [-0.05, 0) is 24.1 Å². The van der Waals surface area contributed by atoms with Crippen molar-refractivity contribution in [3.8, 4) is 5.75 Å². The van der Waals surface area contributed by atoms with Crippen molar-refractivity contribution in [3.63, 3.8) is 0 Å². The lowest BCUT2D eigenvalue weighted by molar-refractivity contribution is 0.0693. The molecule has 0 bridgehead atoms. The molecule has 0 unspecified atom stereocenters. The molecule has 0 aliphatic carbocycles. The highest BCUT2D eigenvalue weighted by Crippen LogP contribution is 2.24. The van der Waals surface area contributed by atoms with Gasteiger partial charge in [-0.25, -0.2) is 4.79 Å². The highest BCUT2D eigenvalue weighted by Gasteiger charge is 2.12. The van der Waals surface area contributed by atoms with Gasteiger partial charge in [0.15, 0.2) is 0 Å². The topological polar surface area (TPSA) is 77.8 Å². The molecule has 0 amide bonds. The predicted octanol–water partition coefficient (Wildman–Crippen LogP) is 1.53. The van der Waals surface area contributed by atoms with Gasteiger partial charge in [0.1, 0.15) is 11.3 Å². The third-order valence-electron chi connectivity index (χ3n) is 2.02. The molecule has 3 N–H and O–H groups in total. The molecule has 4 nitrogen and oxygen atoms in total. The van der Waals surface area contributed by atoms with E-state index in [1.165, 1.54) is 18.2 Å². The molecule has 4 heteroatoms. The second kappa shape index (κ2) is 4.11. The van der Waals surface area contributed by atoms with E-state index in [2.05, 4.69) is 0 Å². The van der Waals surface area contributed by atoms with Crippen LogP contribution in [-0.2, 0) is 0 Å². The maximum Gasteiger partial charge on any atom is 0.339 e. The SMILES string of the molecule is CC[C@@H](O)c1ccc(C(=O)O)c(O)c1. The zero-order chi connectivity index (χ0) is 10.7. The van der Waals surface area contributed by atoms with Crippen molar-refractivity contribution in [2.45, 2.75) is 19.4 Å². The summed E-state index contributed by atoms with van der Waals surface area (Å²) >= 11 is 0. The van der Waals surface area contributed by atoms with Crippen LogP contribution in [0.5, 0.6) is 5.75 Å². The maximum atomic E-state index is 10.5. The van der Waals surface area contributed by atoms with Crippen LogP contribution < -0.4 is 0 Å². The quantitative estimate of drug-likeness (QED) is 0.685. The second-order valence-corrected chi connectivity index (χ2v) is 3.01. The summed E-state index contributed by atoms with van der Waals surface area (Å²) < 4.78 is 0. The van der Waals surface area contributed by atoms with Crippen LogP contribution in [-0.4, -0.2) is 21.3 Å². The number of benzene rings is 1. The molecule has 0 spiro atoms. The minimum atomic E-state index is -1.18. The van der Waals surface area contributed by atoms with E-state index in [1.807, 2.05) is 0 Å². The number of rotatable bonds is 3. The van der Waals surface area contributed by atoms with Gasteiger partial charge in [0.05, 0.1) is 6.10 Å². The Morgan fingerprint density at radius 2 is 2.14 bits per heavy atom. The number of carboxylic acid groups (broad SMARTS) is 1. The normalized spacial score (nSPS) is 12.4. The summed E-state index contributed by atoms with van der Waals surface area (Å²) in [6.07, 6.45) is -0.143. The van der Waals surface area contributed by atoms with E-state index in [0.717, 1.165) is 0 Å². The number of carbonyl (C=O) groups is 1. The molecule has 0 aromatic heterocycles. The third-order valence-corrected chi connectivity index (χ3v) is 2.02. The fourth-order valence-corrected chi connectivity index (χ4v) is 1.17. The molecule has 0 fully saturated rings. The van der Waals surface area contributed by atoms with Crippen LogP contribution in [0.3, 0.4) is 0 Å². The number of aromatic carboxylic acids is 1. The first kappa shape index (κ1) is 10.5. The van der Waals surface area contributed by atoms with Crippen LogP contribution in [0, 0.1) is 0 Å². The number of hydrogen-bond acceptors (Lipinski definition) is 3. The molecule has 76 valence electrons. The van der Waals surface area contributed by atoms with Crippen molar-refractivity contribution >= 4 is 5.97 Å². The number of aliphatic hydroxyl groups is 1. The fourth-order valence-electron chi connectivity index (χ4n) is 1.17.